The molecule has 1 aliphatic rings. The Bertz CT molecular complexity index is 1170. The van der Waals surface area contributed by atoms with Gasteiger partial charge >= 0.3 is 0 Å². The summed E-state index contributed by atoms with van der Waals surface area (Å²) >= 11 is 6.10. The topological polar surface area (TPSA) is 80.8 Å². The summed E-state index contributed by atoms with van der Waals surface area (Å²) in [5.41, 5.74) is 2.07. The Kier molecular flexibility index (Phi) is 7.33. The molecule has 4 rings (SSSR count). The van der Waals surface area contributed by atoms with Crippen LogP contribution in [0.4, 0.5) is 0 Å². The highest BCUT2D eigenvalue weighted by Crippen LogP contribution is 2.40. The molecule has 2 atom stereocenters. The summed E-state index contributed by atoms with van der Waals surface area (Å²) in [4.78, 5) is 32.6. The number of hydrogen-bond acceptors (Lipinski definition) is 5. The summed E-state index contributed by atoms with van der Waals surface area (Å²) in [5.74, 6) is 0.217. The van der Waals surface area contributed by atoms with Crippen LogP contribution in [0.1, 0.15) is 27.5 Å². The van der Waals surface area contributed by atoms with Crippen molar-refractivity contribution in [3.63, 3.8) is 0 Å². The number of benzene rings is 2. The lowest BCUT2D eigenvalue weighted by atomic mass is 9.87. The molecule has 3 aromatic rings. The van der Waals surface area contributed by atoms with Crippen LogP contribution < -0.4 is 14.8 Å². The van der Waals surface area contributed by atoms with E-state index in [4.69, 9.17) is 21.1 Å². The standard InChI is InChI=1S/C26H26ClN3O4/c1-33-20-9-10-24(34-2)21(13-20)22-15-30(26(32)17-6-5-7-18(27)12-17)16-23(22)25(31)29-14-19-8-3-4-11-28-19/h3-13,22-23H,14-16H2,1-2H3,(H,29,31)/t22-,23+/m1/s1. The van der Waals surface area contributed by atoms with Gasteiger partial charge in [-0.25, -0.2) is 0 Å². The van der Waals surface area contributed by atoms with Gasteiger partial charge in [0.25, 0.3) is 5.91 Å². The molecule has 34 heavy (non-hydrogen) atoms. The van der Waals surface area contributed by atoms with Crippen molar-refractivity contribution in [2.45, 2.75) is 12.5 Å². The van der Waals surface area contributed by atoms with Crippen molar-refractivity contribution in [2.24, 2.45) is 5.92 Å². The van der Waals surface area contributed by atoms with E-state index in [2.05, 4.69) is 10.3 Å². The zero-order chi connectivity index (χ0) is 24.1. The Hall–Kier alpha value is -3.58. The molecule has 1 fully saturated rings. The van der Waals surface area contributed by atoms with Crippen molar-refractivity contribution in [3.8, 4) is 11.5 Å². The molecule has 7 nitrogen and oxygen atoms in total. The summed E-state index contributed by atoms with van der Waals surface area (Å²) in [5, 5.41) is 3.47. The SMILES string of the molecule is COc1ccc(OC)c([C@H]2CN(C(=O)c3cccc(Cl)c3)C[C@@H]2C(=O)NCc2ccccn2)c1. The number of nitrogens with zero attached hydrogens (tertiary/aromatic N) is 2. The third kappa shape index (κ3) is 5.15. The zero-order valence-corrected chi connectivity index (χ0v) is 19.8. The van der Waals surface area contributed by atoms with E-state index in [1.54, 1.807) is 49.6 Å². The molecule has 0 aliphatic carbocycles. The number of carbonyl (C=O) groups excluding carboxylic acids is 2. The van der Waals surface area contributed by atoms with E-state index in [0.29, 0.717) is 35.2 Å². The van der Waals surface area contributed by atoms with E-state index in [9.17, 15) is 9.59 Å². The predicted molar refractivity (Wildman–Crippen MR) is 129 cm³/mol. The number of methoxy groups -OCH3 is 2. The molecule has 1 saturated heterocycles. The monoisotopic (exact) mass is 479 g/mol. The molecule has 0 spiro atoms. The molecular formula is C26H26ClN3O4. The van der Waals surface area contributed by atoms with Crippen LogP contribution in [0.3, 0.4) is 0 Å². The van der Waals surface area contributed by atoms with Crippen LogP contribution in [0.5, 0.6) is 11.5 Å². The van der Waals surface area contributed by atoms with Crippen LogP contribution in [0.15, 0.2) is 66.9 Å². The number of rotatable bonds is 7. The normalized spacial score (nSPS) is 17.3. The minimum Gasteiger partial charge on any atom is -0.497 e. The molecule has 176 valence electrons. The van der Waals surface area contributed by atoms with Gasteiger partial charge in [0.05, 0.1) is 32.4 Å². The first kappa shape index (κ1) is 23.6. The van der Waals surface area contributed by atoms with Gasteiger partial charge in [-0.1, -0.05) is 23.7 Å². The average Bonchev–Trinajstić information content (AvgIpc) is 3.32. The number of nitrogens with one attached hydrogen (secondary N) is 1. The quantitative estimate of drug-likeness (QED) is 0.555. The summed E-state index contributed by atoms with van der Waals surface area (Å²) in [6, 6.07) is 17.9. The Morgan fingerprint density at radius 1 is 1.06 bits per heavy atom. The van der Waals surface area contributed by atoms with E-state index in [-0.39, 0.29) is 24.3 Å². The number of halogens is 1. The maximum atomic E-state index is 13.3. The maximum absolute atomic E-state index is 13.3. The van der Waals surface area contributed by atoms with Gasteiger partial charge in [-0.2, -0.15) is 0 Å². The Balaban J connectivity index is 1.63. The molecule has 0 saturated carbocycles. The lowest BCUT2D eigenvalue weighted by Crippen LogP contribution is -2.35. The first-order chi connectivity index (χ1) is 16.5. The fraction of sp³-hybridized carbons (Fsp3) is 0.269. The average molecular weight is 480 g/mol. The lowest BCUT2D eigenvalue weighted by molar-refractivity contribution is -0.125. The third-order valence-corrected chi connectivity index (χ3v) is 6.26. The minimum absolute atomic E-state index is 0.151. The molecule has 1 aromatic heterocycles. The molecular weight excluding hydrogens is 454 g/mol. The number of aromatic nitrogens is 1. The molecule has 2 aromatic carbocycles. The number of ether oxygens (including phenoxy) is 2. The van der Waals surface area contributed by atoms with Crippen LogP contribution >= 0.6 is 11.6 Å². The second-order valence-corrected chi connectivity index (χ2v) is 8.52. The Morgan fingerprint density at radius 2 is 1.91 bits per heavy atom. The summed E-state index contributed by atoms with van der Waals surface area (Å²) in [7, 11) is 3.18. The van der Waals surface area contributed by atoms with Crippen LogP contribution in [-0.4, -0.2) is 49.0 Å². The number of likely N-dealkylation sites (tertiary alicyclic amines) is 1. The Labute approximate surface area is 203 Å². The van der Waals surface area contributed by atoms with Crippen molar-refractivity contribution in [1.29, 1.82) is 0 Å². The van der Waals surface area contributed by atoms with Crippen LogP contribution in [0.25, 0.3) is 0 Å². The van der Waals surface area contributed by atoms with Gasteiger partial charge in [-0.3, -0.25) is 14.6 Å². The summed E-state index contributed by atoms with van der Waals surface area (Å²) in [6.07, 6.45) is 1.69. The molecule has 0 unspecified atom stereocenters. The second kappa shape index (κ2) is 10.6. The van der Waals surface area contributed by atoms with Gasteiger partial charge in [0.15, 0.2) is 0 Å². The fourth-order valence-electron chi connectivity index (χ4n) is 4.30. The van der Waals surface area contributed by atoms with E-state index in [1.165, 1.54) is 0 Å². The highest BCUT2D eigenvalue weighted by Gasteiger charge is 2.42. The van der Waals surface area contributed by atoms with Crippen molar-refractivity contribution >= 4 is 23.4 Å². The van der Waals surface area contributed by atoms with E-state index in [1.807, 2.05) is 36.4 Å². The maximum Gasteiger partial charge on any atom is 0.253 e. The zero-order valence-electron chi connectivity index (χ0n) is 19.0. The fourth-order valence-corrected chi connectivity index (χ4v) is 4.49. The molecule has 2 heterocycles. The van der Waals surface area contributed by atoms with Crippen molar-refractivity contribution in [2.75, 3.05) is 27.3 Å². The number of pyridine rings is 1. The van der Waals surface area contributed by atoms with Gasteiger partial charge in [-0.05, 0) is 48.5 Å². The summed E-state index contributed by atoms with van der Waals surface area (Å²) in [6.45, 7) is 0.932. The minimum atomic E-state index is -0.479. The van der Waals surface area contributed by atoms with E-state index in [0.717, 1.165) is 11.3 Å². The van der Waals surface area contributed by atoms with Crippen molar-refractivity contribution in [1.82, 2.24) is 15.2 Å². The van der Waals surface area contributed by atoms with Gasteiger partial charge < -0.3 is 19.7 Å². The highest BCUT2D eigenvalue weighted by atomic mass is 35.5. The van der Waals surface area contributed by atoms with Gasteiger partial charge in [0.2, 0.25) is 5.91 Å². The van der Waals surface area contributed by atoms with Crippen LogP contribution in [0.2, 0.25) is 5.02 Å². The van der Waals surface area contributed by atoms with Gasteiger partial charge in [-0.15, -0.1) is 0 Å². The van der Waals surface area contributed by atoms with Gasteiger partial charge in [0.1, 0.15) is 11.5 Å². The first-order valence-corrected chi connectivity index (χ1v) is 11.3. The van der Waals surface area contributed by atoms with E-state index < -0.39 is 5.92 Å². The largest absolute Gasteiger partial charge is 0.497 e. The number of carbonyl (C=O) groups is 2. The lowest BCUT2D eigenvalue weighted by Gasteiger charge is -2.21. The highest BCUT2D eigenvalue weighted by molar-refractivity contribution is 6.30. The number of amides is 2. The van der Waals surface area contributed by atoms with Gasteiger partial charge in [0, 0.05) is 41.4 Å². The first-order valence-electron chi connectivity index (χ1n) is 10.9. The number of hydrogen-bond donors (Lipinski definition) is 1. The molecule has 8 heteroatoms. The third-order valence-electron chi connectivity index (χ3n) is 6.02. The molecule has 1 aliphatic heterocycles. The summed E-state index contributed by atoms with van der Waals surface area (Å²) < 4.78 is 11.0. The van der Waals surface area contributed by atoms with Crippen LogP contribution in [-0.2, 0) is 11.3 Å². The van der Waals surface area contributed by atoms with Crippen LogP contribution in [0, 0.1) is 5.92 Å². The molecule has 1 N–H and O–H groups in total. The predicted octanol–water partition coefficient (Wildman–Crippen LogP) is 3.92. The Morgan fingerprint density at radius 3 is 2.62 bits per heavy atom. The van der Waals surface area contributed by atoms with Crippen molar-refractivity contribution in [3.05, 3.63) is 88.7 Å². The van der Waals surface area contributed by atoms with Crippen molar-refractivity contribution < 1.29 is 19.1 Å². The van der Waals surface area contributed by atoms with E-state index >= 15 is 0 Å². The smallest absolute Gasteiger partial charge is 0.253 e. The molecule has 0 radical (unpaired) electrons. The second-order valence-electron chi connectivity index (χ2n) is 8.08. The molecule has 2 amide bonds. The molecule has 0 bridgehead atoms.